The quantitative estimate of drug-likeness (QED) is 0.204. The Morgan fingerprint density at radius 1 is 0.444 bits per heavy atom. The van der Waals surface area contributed by atoms with Gasteiger partial charge in [-0.15, -0.1) is 0 Å². The highest BCUT2D eigenvalue weighted by Gasteiger charge is 2.19. The molecule has 10 rings (SSSR count). The highest BCUT2D eigenvalue weighted by molar-refractivity contribution is 6.16. The van der Waals surface area contributed by atoms with Crippen LogP contribution in [0.2, 0.25) is 0 Å². The van der Waals surface area contributed by atoms with Crippen LogP contribution < -0.4 is 0 Å². The molecular weight excluding hydrogens is 548 g/mol. The number of para-hydroxylation sites is 3. The number of nitrogens with zero attached hydrogens (tertiary/aromatic N) is 2. The van der Waals surface area contributed by atoms with Crippen molar-refractivity contribution in [3.63, 3.8) is 0 Å². The standard InChI is InChI=1S/C42H26N2O/c1-2-11-27(12-3-1)28-21-24-40-34(25-28)42-39(19-10-20-41(42)45-40)44-37-18-9-6-15-32(37)33-26-29(22-23-38(33)44)43-35-16-7-4-13-30(35)31-14-5-8-17-36(31)43/h1-26H/i4D,7D,13D,16D. The number of benzene rings is 7. The Morgan fingerprint density at radius 2 is 1.18 bits per heavy atom. The molecule has 0 saturated heterocycles. The Bertz CT molecular complexity index is 2990. The summed E-state index contributed by atoms with van der Waals surface area (Å²) in [6, 6.07) is 44.9. The summed E-state index contributed by atoms with van der Waals surface area (Å²) in [6.45, 7) is 0. The third-order valence-corrected chi connectivity index (χ3v) is 9.04. The molecule has 10 aromatic rings. The van der Waals surface area contributed by atoms with E-state index in [-0.39, 0.29) is 24.2 Å². The van der Waals surface area contributed by atoms with Crippen LogP contribution in [0.3, 0.4) is 0 Å². The fourth-order valence-electron chi connectivity index (χ4n) is 7.10. The average molecular weight is 579 g/mol. The van der Waals surface area contributed by atoms with Gasteiger partial charge in [-0.1, -0.05) is 97.0 Å². The zero-order valence-corrected chi connectivity index (χ0v) is 24.0. The number of rotatable bonds is 3. The SMILES string of the molecule is [2H]c1c([2H])c([2H])c2c(c1[2H])c1ccccc1n2-c1ccc2c(c1)c1ccccc1n2-c1cccc2oc3ccc(-c4ccccc4)cc3c12. The van der Waals surface area contributed by atoms with Crippen molar-refractivity contribution in [3.05, 3.63) is 158 Å². The lowest BCUT2D eigenvalue weighted by molar-refractivity contribution is 0.669. The van der Waals surface area contributed by atoms with Gasteiger partial charge in [-0.25, -0.2) is 0 Å². The van der Waals surface area contributed by atoms with Gasteiger partial charge in [0.25, 0.3) is 0 Å². The molecular formula is C42H26N2O. The Labute approximate surface area is 264 Å². The summed E-state index contributed by atoms with van der Waals surface area (Å²) in [6.07, 6.45) is 0. The van der Waals surface area contributed by atoms with Crippen molar-refractivity contribution in [2.24, 2.45) is 0 Å². The van der Waals surface area contributed by atoms with Gasteiger partial charge in [0.05, 0.1) is 38.6 Å². The van der Waals surface area contributed by atoms with Crippen molar-refractivity contribution < 1.29 is 9.90 Å². The Hall–Kier alpha value is -6.06. The van der Waals surface area contributed by atoms with Crippen molar-refractivity contribution in [2.45, 2.75) is 0 Å². The van der Waals surface area contributed by atoms with Gasteiger partial charge in [0.2, 0.25) is 0 Å². The summed E-state index contributed by atoms with van der Waals surface area (Å²) in [5.74, 6) is 0. The summed E-state index contributed by atoms with van der Waals surface area (Å²) < 4.78 is 45.3. The fourth-order valence-corrected chi connectivity index (χ4v) is 7.10. The highest BCUT2D eigenvalue weighted by Crippen LogP contribution is 2.41. The Balaban J connectivity index is 1.27. The molecule has 0 spiro atoms. The van der Waals surface area contributed by atoms with Crippen LogP contribution >= 0.6 is 0 Å². The van der Waals surface area contributed by atoms with E-state index in [1.54, 1.807) is 0 Å². The third kappa shape index (κ3) is 3.46. The topological polar surface area (TPSA) is 23.0 Å². The van der Waals surface area contributed by atoms with E-state index in [2.05, 4.69) is 89.5 Å². The molecule has 3 nitrogen and oxygen atoms in total. The number of hydrogen-bond donors (Lipinski definition) is 0. The van der Waals surface area contributed by atoms with E-state index in [1.807, 2.05) is 53.1 Å². The van der Waals surface area contributed by atoms with Crippen molar-refractivity contribution in [1.29, 1.82) is 0 Å². The smallest absolute Gasteiger partial charge is 0.137 e. The fraction of sp³-hybridized carbons (Fsp3) is 0. The number of fused-ring (bicyclic) bond motifs is 9. The molecule has 0 N–H and O–H groups in total. The first-order valence-corrected chi connectivity index (χ1v) is 15.0. The first-order valence-electron chi connectivity index (χ1n) is 17.0. The second-order valence-electron chi connectivity index (χ2n) is 11.5. The van der Waals surface area contributed by atoms with Crippen LogP contribution in [0.5, 0.6) is 0 Å². The Kier molecular flexibility index (Phi) is 4.26. The van der Waals surface area contributed by atoms with Crippen molar-refractivity contribution in [3.8, 4) is 22.5 Å². The zero-order chi connectivity index (χ0) is 33.0. The van der Waals surface area contributed by atoms with E-state index < -0.39 is 0 Å². The summed E-state index contributed by atoms with van der Waals surface area (Å²) >= 11 is 0. The van der Waals surface area contributed by atoms with E-state index in [0.29, 0.717) is 10.9 Å². The lowest BCUT2D eigenvalue weighted by Crippen LogP contribution is -1.96. The predicted molar refractivity (Wildman–Crippen MR) is 188 cm³/mol. The molecule has 45 heavy (non-hydrogen) atoms. The second-order valence-corrected chi connectivity index (χ2v) is 11.5. The van der Waals surface area contributed by atoms with Crippen LogP contribution in [0.1, 0.15) is 5.48 Å². The monoisotopic (exact) mass is 578 g/mol. The van der Waals surface area contributed by atoms with E-state index >= 15 is 0 Å². The number of hydrogen-bond acceptors (Lipinski definition) is 1. The van der Waals surface area contributed by atoms with Crippen LogP contribution in [0.4, 0.5) is 0 Å². The first kappa shape index (κ1) is 20.8. The molecule has 0 unspecified atom stereocenters. The van der Waals surface area contributed by atoms with Crippen molar-refractivity contribution in [1.82, 2.24) is 9.13 Å². The van der Waals surface area contributed by atoms with E-state index in [4.69, 9.17) is 9.90 Å². The van der Waals surface area contributed by atoms with Gasteiger partial charge >= 0.3 is 0 Å². The molecule has 0 bridgehead atoms. The summed E-state index contributed by atoms with van der Waals surface area (Å²) in [5.41, 5.74) is 9.15. The number of aromatic nitrogens is 2. The number of furan rings is 1. The maximum atomic E-state index is 8.93. The van der Waals surface area contributed by atoms with Gasteiger partial charge in [0, 0.05) is 32.6 Å². The van der Waals surface area contributed by atoms with Crippen molar-refractivity contribution in [2.75, 3.05) is 0 Å². The molecule has 0 aliphatic heterocycles. The predicted octanol–water partition coefficient (Wildman–Crippen LogP) is 11.4. The lowest BCUT2D eigenvalue weighted by Gasteiger charge is -2.11. The minimum absolute atomic E-state index is 0.0283. The van der Waals surface area contributed by atoms with Gasteiger partial charge in [-0.05, 0) is 71.8 Å². The minimum Gasteiger partial charge on any atom is -0.456 e. The maximum absolute atomic E-state index is 8.93. The lowest BCUT2D eigenvalue weighted by atomic mass is 10.0. The van der Waals surface area contributed by atoms with Gasteiger partial charge in [-0.2, -0.15) is 0 Å². The van der Waals surface area contributed by atoms with E-state index in [0.717, 1.165) is 77.1 Å². The molecule has 0 atom stereocenters. The molecule has 7 aromatic carbocycles. The van der Waals surface area contributed by atoms with Crippen LogP contribution in [0.25, 0.3) is 88.1 Å². The molecule has 3 heteroatoms. The first-order chi connectivity index (χ1) is 24.0. The maximum Gasteiger partial charge on any atom is 0.137 e. The van der Waals surface area contributed by atoms with Crippen molar-refractivity contribution >= 4 is 65.6 Å². The van der Waals surface area contributed by atoms with Crippen LogP contribution in [0.15, 0.2) is 162 Å². The largest absolute Gasteiger partial charge is 0.456 e. The normalized spacial score (nSPS) is 13.2. The molecule has 3 heterocycles. The molecule has 0 aliphatic rings. The summed E-state index contributed by atoms with van der Waals surface area (Å²) in [7, 11) is 0. The average Bonchev–Trinajstić information content (AvgIpc) is 3.81. The zero-order valence-electron chi connectivity index (χ0n) is 28.0. The molecule has 0 aliphatic carbocycles. The second kappa shape index (κ2) is 9.22. The summed E-state index contributed by atoms with van der Waals surface area (Å²) in [5, 5.41) is 5.53. The van der Waals surface area contributed by atoms with Crippen LogP contribution in [0, 0.1) is 0 Å². The molecule has 0 radical (unpaired) electrons. The Morgan fingerprint density at radius 3 is 2.04 bits per heavy atom. The molecule has 0 saturated carbocycles. The highest BCUT2D eigenvalue weighted by atomic mass is 16.3. The molecule has 3 aromatic heterocycles. The van der Waals surface area contributed by atoms with E-state index in [9.17, 15) is 0 Å². The van der Waals surface area contributed by atoms with Gasteiger partial charge in [0.15, 0.2) is 0 Å². The molecule has 0 amide bonds. The molecule has 210 valence electrons. The third-order valence-electron chi connectivity index (χ3n) is 9.04. The summed E-state index contributed by atoms with van der Waals surface area (Å²) in [4.78, 5) is 0. The van der Waals surface area contributed by atoms with Crippen LogP contribution in [-0.2, 0) is 0 Å². The van der Waals surface area contributed by atoms with Gasteiger partial charge in [-0.3, -0.25) is 0 Å². The van der Waals surface area contributed by atoms with Gasteiger partial charge < -0.3 is 13.6 Å². The van der Waals surface area contributed by atoms with Crippen LogP contribution in [-0.4, -0.2) is 9.13 Å². The van der Waals surface area contributed by atoms with Gasteiger partial charge in [0.1, 0.15) is 11.2 Å². The minimum atomic E-state index is -0.241. The van der Waals surface area contributed by atoms with E-state index in [1.165, 1.54) is 0 Å². The molecule has 0 fully saturated rings.